The molecule has 2 saturated carbocycles. The molecule has 0 bridgehead atoms. The van der Waals surface area contributed by atoms with Crippen molar-refractivity contribution in [2.45, 2.75) is 180 Å². The van der Waals surface area contributed by atoms with Crippen LogP contribution in [-0.4, -0.2) is 72.1 Å². The number of aromatic nitrogens is 4. The Morgan fingerprint density at radius 1 is 0.776 bits per heavy atom. The number of ether oxygens (including phenoxy) is 2. The van der Waals surface area contributed by atoms with E-state index >= 15 is 0 Å². The van der Waals surface area contributed by atoms with E-state index in [1.807, 2.05) is 42.5 Å². The maximum absolute atomic E-state index is 12.1. The van der Waals surface area contributed by atoms with Gasteiger partial charge in [-0.15, -0.1) is 0 Å². The Bertz CT molecular complexity index is 1810. The first-order valence-corrected chi connectivity index (χ1v) is 22.4. The van der Waals surface area contributed by atoms with Gasteiger partial charge in [-0.3, -0.25) is 9.13 Å². The monoisotopic (exact) mass is 920 g/mol. The summed E-state index contributed by atoms with van der Waals surface area (Å²) in [6.45, 7) is 12.3. The fraction of sp³-hybridized carbons (Fsp3) is 0.714. The quantitative estimate of drug-likeness (QED) is 0.145. The molecule has 3 saturated heterocycles. The van der Waals surface area contributed by atoms with Crippen LogP contribution in [0, 0.1) is 15.4 Å². The number of aliphatic hydroxyl groups excluding tert-OH is 2. The molecule has 6 N–H and O–H groups in total. The molecular formula is C42H66BIN6O8. The smallest absolute Gasteiger partial charge is 0.400 e. The number of allylic oxidation sites excluding steroid dienone is 2. The predicted octanol–water partition coefficient (Wildman–Crippen LogP) is 6.72. The van der Waals surface area contributed by atoms with E-state index in [9.17, 15) is 19.8 Å². The first-order valence-electron chi connectivity index (χ1n) is 21.3. The molecule has 5 aliphatic rings. The third kappa shape index (κ3) is 12.0. The minimum absolute atomic E-state index is 0.165. The predicted molar refractivity (Wildman–Crippen MR) is 236 cm³/mol. The van der Waals surface area contributed by atoms with Crippen LogP contribution in [-0.2, 0) is 18.8 Å². The SMILES string of the molecule is CC1(C)OB(/C=C/CC2CCCC2)OC1(C)C.CC[C@H]1O[C@@H](n2cc(/C=C/CC3CCCC3)c(N)nc2=O)CC1O.CC[C@H]1O[C@@H](n2cc(I)c(N)nc2=O)CC1O. The summed E-state index contributed by atoms with van der Waals surface area (Å²) < 4.78 is 26.8. The summed E-state index contributed by atoms with van der Waals surface area (Å²) in [5, 5.41) is 19.7. The molecule has 5 fully saturated rings. The van der Waals surface area contributed by atoms with Crippen LogP contribution in [0.5, 0.6) is 0 Å². The lowest BCUT2D eigenvalue weighted by atomic mass is 9.88. The van der Waals surface area contributed by atoms with Gasteiger partial charge in [-0.05, 0) is 87.8 Å². The van der Waals surface area contributed by atoms with Crippen LogP contribution in [0.1, 0.15) is 149 Å². The second-order valence-electron chi connectivity index (χ2n) is 17.3. The van der Waals surface area contributed by atoms with Crippen LogP contribution < -0.4 is 22.8 Å². The Balaban J connectivity index is 0.000000170. The van der Waals surface area contributed by atoms with Crippen LogP contribution in [0.4, 0.5) is 11.6 Å². The average Bonchev–Trinajstić information content (AvgIpc) is 4.01. The summed E-state index contributed by atoms with van der Waals surface area (Å²) in [5.41, 5.74) is 10.9. The molecule has 16 heteroatoms. The van der Waals surface area contributed by atoms with Crippen molar-refractivity contribution in [3.05, 3.63) is 60.6 Å². The number of nitrogens with two attached hydrogens (primary N) is 2. The summed E-state index contributed by atoms with van der Waals surface area (Å²) in [6, 6.07) is 0. The van der Waals surface area contributed by atoms with Gasteiger partial charge in [0.05, 0.1) is 39.2 Å². The molecule has 6 atom stereocenters. The van der Waals surface area contributed by atoms with Crippen LogP contribution >= 0.6 is 22.6 Å². The van der Waals surface area contributed by atoms with Gasteiger partial charge in [-0.1, -0.05) is 89.4 Å². The van der Waals surface area contributed by atoms with E-state index < -0.39 is 36.0 Å². The van der Waals surface area contributed by atoms with E-state index in [1.54, 1.807) is 12.4 Å². The van der Waals surface area contributed by atoms with Gasteiger partial charge in [-0.25, -0.2) is 9.59 Å². The van der Waals surface area contributed by atoms with E-state index in [0.29, 0.717) is 29.3 Å². The van der Waals surface area contributed by atoms with Crippen LogP contribution in [0.2, 0.25) is 0 Å². The minimum Gasteiger partial charge on any atom is -0.400 e. The molecule has 5 heterocycles. The third-order valence-corrected chi connectivity index (χ3v) is 13.4. The minimum atomic E-state index is -0.550. The average molecular weight is 921 g/mol. The summed E-state index contributed by atoms with van der Waals surface area (Å²) in [7, 11) is -0.165. The fourth-order valence-corrected chi connectivity index (χ4v) is 8.65. The number of halogens is 1. The van der Waals surface area contributed by atoms with E-state index in [1.165, 1.54) is 66.9 Å². The van der Waals surface area contributed by atoms with E-state index in [0.717, 1.165) is 23.8 Å². The topological polar surface area (TPSA) is 199 Å². The second-order valence-corrected chi connectivity index (χ2v) is 18.5. The number of aliphatic hydroxyl groups is 2. The molecule has 3 aliphatic heterocycles. The van der Waals surface area contributed by atoms with E-state index in [2.05, 4.69) is 55.8 Å². The van der Waals surface area contributed by atoms with Gasteiger partial charge >= 0.3 is 18.5 Å². The first-order chi connectivity index (χ1) is 27.5. The van der Waals surface area contributed by atoms with E-state index in [4.69, 9.17) is 30.2 Å². The molecule has 14 nitrogen and oxygen atoms in total. The zero-order chi connectivity index (χ0) is 42.2. The zero-order valence-corrected chi connectivity index (χ0v) is 37.4. The third-order valence-electron chi connectivity index (χ3n) is 12.5. The molecular weight excluding hydrogens is 854 g/mol. The van der Waals surface area contributed by atoms with Crippen molar-refractivity contribution in [1.82, 2.24) is 19.1 Å². The van der Waals surface area contributed by atoms with Crippen molar-refractivity contribution in [3.63, 3.8) is 0 Å². The Kier molecular flexibility index (Phi) is 16.6. The second kappa shape index (κ2) is 20.8. The number of nitrogens with zero attached hydrogens (tertiary/aromatic N) is 4. The maximum atomic E-state index is 12.1. The van der Waals surface area contributed by atoms with Gasteiger partial charge in [0.25, 0.3) is 0 Å². The van der Waals surface area contributed by atoms with Gasteiger partial charge in [0.2, 0.25) is 0 Å². The Hall–Kier alpha value is -2.61. The van der Waals surface area contributed by atoms with Crippen molar-refractivity contribution in [2.75, 3.05) is 11.5 Å². The van der Waals surface area contributed by atoms with Crippen LogP contribution in [0.3, 0.4) is 0 Å². The maximum Gasteiger partial charge on any atom is 0.486 e. The molecule has 322 valence electrons. The molecule has 2 aromatic heterocycles. The van der Waals surface area contributed by atoms with Gasteiger partial charge in [0.15, 0.2) is 0 Å². The fourth-order valence-electron chi connectivity index (χ4n) is 8.23. The highest BCUT2D eigenvalue weighted by Gasteiger charge is 2.50. The van der Waals surface area contributed by atoms with Gasteiger partial charge in [0, 0.05) is 30.8 Å². The molecule has 0 amide bonds. The van der Waals surface area contributed by atoms with Crippen molar-refractivity contribution in [1.29, 1.82) is 0 Å². The van der Waals surface area contributed by atoms with Crippen LogP contribution in [0.15, 0.2) is 40.1 Å². The summed E-state index contributed by atoms with van der Waals surface area (Å²) in [4.78, 5) is 31.5. The lowest BCUT2D eigenvalue weighted by molar-refractivity contribution is -0.0217. The number of anilines is 2. The van der Waals surface area contributed by atoms with Crippen LogP contribution in [0.25, 0.3) is 6.08 Å². The Labute approximate surface area is 357 Å². The molecule has 7 rings (SSSR count). The molecule has 2 aliphatic carbocycles. The zero-order valence-electron chi connectivity index (χ0n) is 35.2. The van der Waals surface area contributed by atoms with Crippen molar-refractivity contribution < 1.29 is 29.0 Å². The van der Waals surface area contributed by atoms with Gasteiger partial charge in [-0.2, -0.15) is 9.97 Å². The Morgan fingerprint density at radius 2 is 1.22 bits per heavy atom. The van der Waals surface area contributed by atoms with Crippen molar-refractivity contribution >= 4 is 47.4 Å². The standard InChI is InChI=1S/C18H27N3O3.C14H25BO2.C10H14IN3O3/c1-2-15-14(22)10-16(24-15)21-11-13(17(19)20-18(21)23)9-5-8-12-6-3-4-7-12;1-13(2)14(3,4)17-15(16-13)11-7-10-12-8-5-6-9-12;1-2-7-6(15)3-8(17-7)14-4-5(11)9(12)13-10(14)16/h5,9,11-12,14-16,22H,2-4,6-8,10H2,1H3,(H2,19,20,23);7,11-12H,5-6,8-10H2,1-4H3;4,6-8,15H,2-3H2,1H3,(H2,12,13,16)/b9-5+;11-7+;/t14?,15-,16-;;6?,7-,8-/m1.1/s1. The summed E-state index contributed by atoms with van der Waals surface area (Å²) >= 11 is 2.01. The highest BCUT2D eigenvalue weighted by molar-refractivity contribution is 14.1. The number of hydrogen-bond acceptors (Lipinski definition) is 12. The van der Waals surface area contributed by atoms with Gasteiger partial charge < -0.3 is 40.5 Å². The Morgan fingerprint density at radius 3 is 1.69 bits per heavy atom. The normalized spacial score (nSPS) is 28.3. The molecule has 2 unspecified atom stereocenters. The lowest BCUT2D eigenvalue weighted by Gasteiger charge is -2.32. The molecule has 2 aromatic rings. The molecule has 0 spiro atoms. The van der Waals surface area contributed by atoms with Crippen molar-refractivity contribution in [2.24, 2.45) is 11.8 Å². The number of rotatable bonds is 10. The highest BCUT2D eigenvalue weighted by Crippen LogP contribution is 2.37. The highest BCUT2D eigenvalue weighted by atomic mass is 127. The molecule has 0 aromatic carbocycles. The number of hydrogen-bond donors (Lipinski definition) is 4. The van der Waals surface area contributed by atoms with E-state index in [-0.39, 0.29) is 42.2 Å². The summed E-state index contributed by atoms with van der Waals surface area (Å²) in [6.07, 6.45) is 22.5. The van der Waals surface area contributed by atoms with Crippen molar-refractivity contribution in [3.8, 4) is 0 Å². The first kappa shape index (κ1) is 46.5. The molecule has 0 radical (unpaired) electrons. The largest absolute Gasteiger partial charge is 0.486 e. The molecule has 58 heavy (non-hydrogen) atoms. The van der Waals surface area contributed by atoms with Gasteiger partial charge in [0.1, 0.15) is 24.1 Å². The lowest BCUT2D eigenvalue weighted by Crippen LogP contribution is -2.41. The number of nitrogen functional groups attached to an aromatic ring is 2. The summed E-state index contributed by atoms with van der Waals surface area (Å²) in [5.74, 6) is 4.21.